The fourth-order valence-electron chi connectivity index (χ4n) is 0.855. The summed E-state index contributed by atoms with van der Waals surface area (Å²) in [6, 6.07) is 2.93. The van der Waals surface area contributed by atoms with Crippen LogP contribution >= 0.6 is 15.9 Å². The number of halogens is 1. The molecule has 0 unspecified atom stereocenters. The van der Waals surface area contributed by atoms with Crippen LogP contribution in [0.1, 0.15) is 5.56 Å². The van der Waals surface area contributed by atoms with Crippen LogP contribution in [0.15, 0.2) is 16.6 Å². The normalized spacial score (nSPS) is 8.35. The van der Waals surface area contributed by atoms with Gasteiger partial charge in [-0.1, -0.05) is 0 Å². The van der Waals surface area contributed by atoms with Crippen molar-refractivity contribution in [2.24, 2.45) is 0 Å². The van der Waals surface area contributed by atoms with Crippen molar-refractivity contribution in [3.05, 3.63) is 47.6 Å². The molecule has 0 saturated heterocycles. The molecule has 0 atom stereocenters. The topological polar surface area (TPSA) is 130 Å². The number of phenolic OH excluding ortho intramolecular Hbond substituents is 1. The molecule has 0 bridgehead atoms. The monoisotopic (exact) mass is 316 g/mol. The predicted molar refractivity (Wildman–Crippen MR) is 57.6 cm³/mol. The Morgan fingerprint density at radius 2 is 1.65 bits per heavy atom. The Labute approximate surface area is 126 Å². The minimum Gasteiger partial charge on any atom is -0.501 e. The van der Waals surface area contributed by atoms with Crippen LogP contribution in [0.5, 0.6) is 5.75 Å². The molecule has 0 radical (unpaired) electrons. The number of aromatic hydroxyl groups is 1. The molecule has 0 aliphatic heterocycles. The maximum absolute atomic E-state index is 10.4. The standard InChI is InChI=1S/C7H6BrNO3.NO3.Na/c1-4-2-5(8)7(10)6(3-4)9(11)12;2-1(3)4;/h2-3,10H,1H3;;/q;-1;+1. The third-order valence-electron chi connectivity index (χ3n) is 1.38. The van der Waals surface area contributed by atoms with Crippen LogP contribution in [0.2, 0.25) is 0 Å². The Morgan fingerprint density at radius 1 is 1.24 bits per heavy atom. The van der Waals surface area contributed by atoms with Gasteiger partial charge in [0, 0.05) is 6.07 Å². The van der Waals surface area contributed by atoms with Gasteiger partial charge in [-0.15, -0.1) is 0 Å². The van der Waals surface area contributed by atoms with Gasteiger partial charge >= 0.3 is 35.2 Å². The third-order valence-corrected chi connectivity index (χ3v) is 1.99. The Balaban J connectivity index is 0. The predicted octanol–water partition coefficient (Wildman–Crippen LogP) is -0.864. The van der Waals surface area contributed by atoms with Crippen LogP contribution in [0.3, 0.4) is 0 Å². The van der Waals surface area contributed by atoms with E-state index in [0.29, 0.717) is 4.47 Å². The maximum atomic E-state index is 10.4. The zero-order chi connectivity index (χ0) is 12.9. The van der Waals surface area contributed by atoms with Gasteiger partial charge in [0.15, 0.2) is 0 Å². The summed E-state index contributed by atoms with van der Waals surface area (Å²) in [6.07, 6.45) is 0. The maximum Gasteiger partial charge on any atom is 1.00 e. The van der Waals surface area contributed by atoms with Gasteiger partial charge in [-0.25, -0.2) is 0 Å². The van der Waals surface area contributed by atoms with E-state index in [2.05, 4.69) is 15.9 Å². The van der Waals surface area contributed by atoms with Crippen LogP contribution in [0, 0.1) is 32.4 Å². The van der Waals surface area contributed by atoms with Crippen LogP contribution < -0.4 is 29.6 Å². The zero-order valence-corrected chi connectivity index (χ0v) is 12.5. The number of rotatable bonds is 1. The van der Waals surface area contributed by atoms with Crippen molar-refractivity contribution in [2.75, 3.05) is 0 Å². The summed E-state index contributed by atoms with van der Waals surface area (Å²) in [6.45, 7) is 1.72. The molecule has 88 valence electrons. The van der Waals surface area contributed by atoms with Gasteiger partial charge in [0.2, 0.25) is 5.75 Å². The number of nitro groups is 1. The minimum atomic E-state index is -1.75. The van der Waals surface area contributed by atoms with Crippen LogP contribution in [0.25, 0.3) is 0 Å². The number of nitro benzene ring substituents is 1. The van der Waals surface area contributed by atoms with E-state index in [-0.39, 0.29) is 41.0 Å². The first kappa shape index (κ1) is 18.5. The van der Waals surface area contributed by atoms with Gasteiger partial charge in [0.25, 0.3) is 0 Å². The molecular weight excluding hydrogens is 311 g/mol. The van der Waals surface area contributed by atoms with Crippen LogP contribution in [0.4, 0.5) is 5.69 Å². The molecule has 1 N–H and O–H groups in total. The molecule has 1 aromatic rings. The molecule has 0 amide bonds. The van der Waals surface area contributed by atoms with Crippen LogP contribution in [-0.2, 0) is 0 Å². The van der Waals surface area contributed by atoms with E-state index in [4.69, 9.17) is 15.3 Å². The van der Waals surface area contributed by atoms with Crippen molar-refractivity contribution >= 4 is 21.6 Å². The van der Waals surface area contributed by atoms with Gasteiger partial charge in [-0.2, -0.15) is 0 Å². The summed E-state index contributed by atoms with van der Waals surface area (Å²) in [5.74, 6) is -0.328. The third kappa shape index (κ3) is 7.10. The summed E-state index contributed by atoms with van der Waals surface area (Å²) in [7, 11) is 0. The molecule has 0 fully saturated rings. The van der Waals surface area contributed by atoms with Gasteiger partial charge in [-0.3, -0.25) is 10.1 Å². The molecule has 1 rings (SSSR count). The average Bonchev–Trinajstić information content (AvgIpc) is 2.09. The number of hydrogen-bond acceptors (Lipinski definition) is 6. The van der Waals surface area contributed by atoms with Crippen molar-refractivity contribution in [1.82, 2.24) is 0 Å². The number of hydrogen-bond donors (Lipinski definition) is 1. The first-order valence-electron chi connectivity index (χ1n) is 3.70. The van der Waals surface area contributed by atoms with Crippen molar-refractivity contribution in [2.45, 2.75) is 6.92 Å². The number of aryl methyl sites for hydroxylation is 1. The number of nitrogens with zero attached hydrogens (tertiary/aromatic N) is 2. The summed E-state index contributed by atoms with van der Waals surface area (Å²) in [5, 5.41) is 34.3. The van der Waals surface area contributed by atoms with E-state index in [1.807, 2.05) is 0 Å². The molecule has 0 aliphatic carbocycles. The van der Waals surface area contributed by atoms with E-state index < -0.39 is 10.0 Å². The Bertz CT molecular complexity index is 423. The summed E-state index contributed by atoms with van der Waals surface area (Å²) < 4.78 is 0.342. The molecule has 0 heterocycles. The fraction of sp³-hybridized carbons (Fsp3) is 0.143. The van der Waals surface area contributed by atoms with Gasteiger partial charge in [0.05, 0.1) is 14.5 Å². The zero-order valence-electron chi connectivity index (χ0n) is 8.92. The fourth-order valence-corrected chi connectivity index (χ4v) is 1.42. The molecule has 0 spiro atoms. The Hall–Kier alpha value is -0.900. The van der Waals surface area contributed by atoms with Crippen molar-refractivity contribution < 1.29 is 44.7 Å². The number of phenols is 1. The molecule has 0 saturated carbocycles. The van der Waals surface area contributed by atoms with E-state index in [1.54, 1.807) is 13.0 Å². The van der Waals surface area contributed by atoms with E-state index in [1.165, 1.54) is 6.07 Å². The molecule has 0 aromatic heterocycles. The van der Waals surface area contributed by atoms with Crippen LogP contribution in [-0.4, -0.2) is 15.1 Å². The first-order chi connectivity index (χ1) is 7.25. The first-order valence-corrected chi connectivity index (χ1v) is 4.50. The smallest absolute Gasteiger partial charge is 0.501 e. The largest absolute Gasteiger partial charge is 1.00 e. The Morgan fingerprint density at radius 3 is 2.00 bits per heavy atom. The van der Waals surface area contributed by atoms with Gasteiger partial charge in [0.1, 0.15) is 0 Å². The minimum absolute atomic E-state index is 0. The molecule has 1 aromatic carbocycles. The molecule has 8 nitrogen and oxygen atoms in total. The van der Waals surface area contributed by atoms with E-state index in [0.717, 1.165) is 5.56 Å². The quantitative estimate of drug-likeness (QED) is 0.407. The molecule has 10 heteroatoms. The molecular formula is C7H6BrN2NaO6. The second-order valence-electron chi connectivity index (χ2n) is 2.60. The average molecular weight is 317 g/mol. The molecule has 0 aliphatic rings. The van der Waals surface area contributed by atoms with Crippen molar-refractivity contribution in [3.8, 4) is 5.75 Å². The van der Waals surface area contributed by atoms with E-state index >= 15 is 0 Å². The summed E-state index contributed by atoms with van der Waals surface area (Å²) in [5.41, 5.74) is 0.452. The SMILES string of the molecule is Cc1cc(Br)c(O)c([N+](=O)[O-])c1.O=[N+]([O-])[O-].[Na+]. The molecule has 17 heavy (non-hydrogen) atoms. The summed E-state index contributed by atoms with van der Waals surface area (Å²) >= 11 is 3.01. The second kappa shape index (κ2) is 8.23. The number of benzene rings is 1. The second-order valence-corrected chi connectivity index (χ2v) is 3.45. The van der Waals surface area contributed by atoms with Crippen molar-refractivity contribution in [3.63, 3.8) is 0 Å². The van der Waals surface area contributed by atoms with Crippen molar-refractivity contribution in [1.29, 1.82) is 0 Å². The summed E-state index contributed by atoms with van der Waals surface area (Å²) in [4.78, 5) is 18.0. The van der Waals surface area contributed by atoms with Gasteiger partial charge in [-0.05, 0) is 34.5 Å². The van der Waals surface area contributed by atoms with Gasteiger partial charge < -0.3 is 20.4 Å². The Kier molecular flexibility index (Phi) is 8.94. The van der Waals surface area contributed by atoms with E-state index in [9.17, 15) is 15.2 Å².